The van der Waals surface area contributed by atoms with Crippen LogP contribution < -0.4 is 10.6 Å². The molecular formula is C13H23N3OS. The molecule has 102 valence electrons. The normalized spacial score (nSPS) is 15.1. The lowest BCUT2D eigenvalue weighted by atomic mass is 10.3. The summed E-state index contributed by atoms with van der Waals surface area (Å²) in [6.07, 6.45) is 5.07. The molecule has 1 saturated carbocycles. The molecule has 0 amide bonds. The molecule has 1 aliphatic carbocycles. The van der Waals surface area contributed by atoms with E-state index in [0.29, 0.717) is 19.2 Å². The van der Waals surface area contributed by atoms with Crippen LogP contribution in [0.5, 0.6) is 0 Å². The van der Waals surface area contributed by atoms with Crippen molar-refractivity contribution in [3.05, 3.63) is 10.6 Å². The average molecular weight is 269 g/mol. The molecule has 1 aromatic heterocycles. The number of ether oxygens (including phenoxy) is 1. The highest BCUT2D eigenvalue weighted by Gasteiger charge is 2.31. The van der Waals surface area contributed by atoms with Gasteiger partial charge >= 0.3 is 0 Å². The molecule has 1 heterocycles. The highest BCUT2D eigenvalue weighted by molar-refractivity contribution is 7.15. The summed E-state index contributed by atoms with van der Waals surface area (Å²) >= 11 is 1.74. The Morgan fingerprint density at radius 3 is 2.83 bits per heavy atom. The summed E-state index contributed by atoms with van der Waals surface area (Å²) in [6.45, 7) is 4.47. The highest BCUT2D eigenvalue weighted by atomic mass is 32.1. The first-order valence-corrected chi connectivity index (χ1v) is 7.56. The summed E-state index contributed by atoms with van der Waals surface area (Å²) in [6, 6.07) is 0.712. The number of methoxy groups -OCH3 is 1. The van der Waals surface area contributed by atoms with Crippen LogP contribution in [-0.2, 0) is 17.9 Å². The second kappa shape index (κ2) is 6.50. The van der Waals surface area contributed by atoms with Crippen molar-refractivity contribution in [3.63, 3.8) is 0 Å². The number of hydrogen-bond donors (Lipinski definition) is 1. The number of nitrogens with two attached hydrogens (primary N) is 1. The van der Waals surface area contributed by atoms with E-state index in [1.54, 1.807) is 18.4 Å². The molecule has 18 heavy (non-hydrogen) atoms. The van der Waals surface area contributed by atoms with Crippen LogP contribution in [0, 0.1) is 0 Å². The molecule has 5 heteroatoms. The van der Waals surface area contributed by atoms with Gasteiger partial charge in [0.2, 0.25) is 0 Å². The first-order chi connectivity index (χ1) is 8.80. The van der Waals surface area contributed by atoms with E-state index in [9.17, 15) is 0 Å². The molecule has 1 aromatic rings. The molecule has 0 saturated heterocycles. The summed E-state index contributed by atoms with van der Waals surface area (Å²) in [5.41, 5.74) is 6.80. The van der Waals surface area contributed by atoms with Crippen molar-refractivity contribution >= 4 is 16.5 Å². The van der Waals surface area contributed by atoms with Gasteiger partial charge in [-0.3, -0.25) is 0 Å². The number of thiazole rings is 1. The molecule has 0 atom stereocenters. The van der Waals surface area contributed by atoms with Gasteiger partial charge in [-0.2, -0.15) is 0 Å². The third-order valence-electron chi connectivity index (χ3n) is 3.22. The third-order valence-corrected chi connectivity index (χ3v) is 4.38. The maximum Gasteiger partial charge on any atom is 0.186 e. The molecule has 1 aliphatic rings. The largest absolute Gasteiger partial charge is 0.378 e. The number of anilines is 1. The minimum Gasteiger partial charge on any atom is -0.378 e. The van der Waals surface area contributed by atoms with E-state index < -0.39 is 0 Å². The van der Waals surface area contributed by atoms with Gasteiger partial charge in [-0.1, -0.05) is 13.3 Å². The quantitative estimate of drug-likeness (QED) is 0.788. The Hall–Kier alpha value is -0.650. The molecule has 4 nitrogen and oxygen atoms in total. The first-order valence-electron chi connectivity index (χ1n) is 6.74. The van der Waals surface area contributed by atoms with Gasteiger partial charge in [-0.25, -0.2) is 4.98 Å². The predicted octanol–water partition coefficient (Wildman–Crippen LogP) is 2.52. The van der Waals surface area contributed by atoms with E-state index in [1.807, 2.05) is 0 Å². The summed E-state index contributed by atoms with van der Waals surface area (Å²) < 4.78 is 5.19. The zero-order chi connectivity index (χ0) is 13.0. The lowest BCUT2D eigenvalue weighted by Gasteiger charge is -2.20. The van der Waals surface area contributed by atoms with Gasteiger partial charge in [0.25, 0.3) is 0 Å². The zero-order valence-electron chi connectivity index (χ0n) is 11.3. The maximum atomic E-state index is 5.78. The standard InChI is InChI=1S/C13H23N3OS/c1-3-4-7-16(10-5-6-10)13-15-11(9-17-2)12(8-14)18-13/h10H,3-9,14H2,1-2H3. The van der Waals surface area contributed by atoms with Crippen molar-refractivity contribution in [1.29, 1.82) is 0 Å². The second-order valence-electron chi connectivity index (χ2n) is 4.78. The molecule has 0 aromatic carbocycles. The van der Waals surface area contributed by atoms with Gasteiger partial charge in [0.05, 0.1) is 12.3 Å². The van der Waals surface area contributed by atoms with Crippen LogP contribution in [0.3, 0.4) is 0 Å². The van der Waals surface area contributed by atoms with E-state index in [-0.39, 0.29) is 0 Å². The van der Waals surface area contributed by atoms with Crippen LogP contribution in [0.15, 0.2) is 0 Å². The Kier molecular flexibility index (Phi) is 4.97. The van der Waals surface area contributed by atoms with E-state index in [4.69, 9.17) is 15.5 Å². The summed E-state index contributed by atoms with van der Waals surface area (Å²) in [4.78, 5) is 8.35. The smallest absolute Gasteiger partial charge is 0.186 e. The van der Waals surface area contributed by atoms with Crippen LogP contribution in [0.25, 0.3) is 0 Å². The molecule has 0 spiro atoms. The fraction of sp³-hybridized carbons (Fsp3) is 0.769. The lowest BCUT2D eigenvalue weighted by Crippen LogP contribution is -2.26. The summed E-state index contributed by atoms with van der Waals surface area (Å²) in [5, 5.41) is 1.14. The van der Waals surface area contributed by atoms with Gasteiger partial charge in [-0.15, -0.1) is 11.3 Å². The van der Waals surface area contributed by atoms with Crippen LogP contribution in [0.4, 0.5) is 5.13 Å². The molecule has 1 fully saturated rings. The van der Waals surface area contributed by atoms with Crippen molar-refractivity contribution in [2.24, 2.45) is 5.73 Å². The molecule has 2 rings (SSSR count). The minimum atomic E-state index is 0.558. The van der Waals surface area contributed by atoms with Crippen LogP contribution in [0.2, 0.25) is 0 Å². The van der Waals surface area contributed by atoms with Crippen molar-refractivity contribution in [3.8, 4) is 0 Å². The Balaban J connectivity index is 2.13. The van der Waals surface area contributed by atoms with Crippen molar-refractivity contribution in [1.82, 2.24) is 4.98 Å². The van der Waals surface area contributed by atoms with E-state index in [1.165, 1.54) is 25.7 Å². The topological polar surface area (TPSA) is 51.4 Å². The molecule has 2 N–H and O–H groups in total. The molecular weight excluding hydrogens is 246 g/mol. The van der Waals surface area contributed by atoms with Gasteiger partial charge in [0.1, 0.15) is 0 Å². The summed E-state index contributed by atoms with van der Waals surface area (Å²) in [7, 11) is 1.70. The zero-order valence-corrected chi connectivity index (χ0v) is 12.1. The van der Waals surface area contributed by atoms with E-state index in [0.717, 1.165) is 22.2 Å². The molecule has 0 radical (unpaired) electrons. The fourth-order valence-electron chi connectivity index (χ4n) is 2.05. The monoisotopic (exact) mass is 269 g/mol. The molecule has 0 aliphatic heterocycles. The Labute approximate surface area is 113 Å². The van der Waals surface area contributed by atoms with Crippen LogP contribution in [-0.4, -0.2) is 24.7 Å². The van der Waals surface area contributed by atoms with E-state index >= 15 is 0 Å². The first kappa shape index (κ1) is 13.8. The van der Waals surface area contributed by atoms with Crippen molar-refractivity contribution < 1.29 is 4.74 Å². The van der Waals surface area contributed by atoms with E-state index in [2.05, 4.69) is 11.8 Å². The third kappa shape index (κ3) is 3.22. The SMILES string of the molecule is CCCCN(c1nc(COC)c(CN)s1)C1CC1. The number of hydrogen-bond acceptors (Lipinski definition) is 5. The van der Waals surface area contributed by atoms with Crippen LogP contribution in [0.1, 0.15) is 43.2 Å². The maximum absolute atomic E-state index is 5.78. The fourth-order valence-corrected chi connectivity index (χ4v) is 3.09. The number of unbranched alkanes of at least 4 members (excludes halogenated alkanes) is 1. The Morgan fingerprint density at radius 1 is 1.50 bits per heavy atom. The number of aromatic nitrogens is 1. The molecule has 0 bridgehead atoms. The van der Waals surface area contributed by atoms with Gasteiger partial charge in [0.15, 0.2) is 5.13 Å². The Morgan fingerprint density at radius 2 is 2.28 bits per heavy atom. The highest BCUT2D eigenvalue weighted by Crippen LogP contribution is 2.35. The summed E-state index contributed by atoms with van der Waals surface area (Å²) in [5.74, 6) is 0. The minimum absolute atomic E-state index is 0.558. The van der Waals surface area contributed by atoms with Gasteiger partial charge < -0.3 is 15.4 Å². The van der Waals surface area contributed by atoms with Gasteiger partial charge in [0, 0.05) is 31.1 Å². The predicted molar refractivity (Wildman–Crippen MR) is 76.0 cm³/mol. The lowest BCUT2D eigenvalue weighted by molar-refractivity contribution is 0.181. The average Bonchev–Trinajstić information content (AvgIpc) is 3.12. The van der Waals surface area contributed by atoms with Crippen molar-refractivity contribution in [2.45, 2.75) is 51.8 Å². The number of rotatable bonds is 8. The molecule has 0 unspecified atom stereocenters. The van der Waals surface area contributed by atoms with Gasteiger partial charge in [-0.05, 0) is 19.3 Å². The Bertz CT molecular complexity index is 376. The number of nitrogens with zero attached hydrogens (tertiary/aromatic N) is 2. The second-order valence-corrected chi connectivity index (χ2v) is 5.84. The van der Waals surface area contributed by atoms with Crippen molar-refractivity contribution in [2.75, 3.05) is 18.6 Å². The van der Waals surface area contributed by atoms with Crippen LogP contribution >= 0.6 is 11.3 Å².